The molecule has 26 heavy (non-hydrogen) atoms. The Labute approximate surface area is 153 Å². The van der Waals surface area contributed by atoms with Crippen LogP contribution in [0.25, 0.3) is 0 Å². The molecule has 2 fully saturated rings. The fourth-order valence-electron chi connectivity index (χ4n) is 5.15. The monoisotopic (exact) mass is 354 g/mol. The van der Waals surface area contributed by atoms with Crippen LogP contribution in [0.2, 0.25) is 0 Å². The molecule has 2 amide bonds. The van der Waals surface area contributed by atoms with Crippen molar-refractivity contribution in [1.29, 1.82) is 0 Å². The smallest absolute Gasteiger partial charge is 0.274 e. The molecule has 3 heterocycles. The van der Waals surface area contributed by atoms with E-state index >= 15 is 0 Å². The molecule has 6 heteroatoms. The first-order valence-electron chi connectivity index (χ1n) is 9.99. The SMILES string of the molecule is O=C(C[C@@H]1C[C@@H]2C=C[C@H]1C2)N1CCn2nc(C(=O)N3CCCC3)cc2C1. The van der Waals surface area contributed by atoms with Gasteiger partial charge in [0, 0.05) is 26.1 Å². The average molecular weight is 354 g/mol. The molecule has 5 rings (SSSR count). The maximum atomic E-state index is 12.8. The molecular formula is C20H26N4O2. The Morgan fingerprint density at radius 2 is 1.88 bits per heavy atom. The molecule has 1 saturated carbocycles. The summed E-state index contributed by atoms with van der Waals surface area (Å²) in [6.45, 7) is 3.63. The van der Waals surface area contributed by atoms with E-state index in [1.54, 1.807) is 0 Å². The average Bonchev–Trinajstić information content (AvgIpc) is 3.43. The summed E-state index contributed by atoms with van der Waals surface area (Å²) in [7, 11) is 0. The minimum atomic E-state index is 0.0380. The van der Waals surface area contributed by atoms with E-state index < -0.39 is 0 Å². The summed E-state index contributed by atoms with van der Waals surface area (Å²) in [4.78, 5) is 29.2. The molecule has 0 N–H and O–H groups in total. The highest BCUT2D eigenvalue weighted by atomic mass is 16.2. The van der Waals surface area contributed by atoms with E-state index in [0.717, 1.165) is 31.6 Å². The largest absolute Gasteiger partial charge is 0.337 e. The summed E-state index contributed by atoms with van der Waals surface area (Å²) >= 11 is 0. The molecule has 138 valence electrons. The Bertz CT molecular complexity index is 762. The van der Waals surface area contributed by atoms with Crippen LogP contribution in [0.15, 0.2) is 18.2 Å². The van der Waals surface area contributed by atoms with Gasteiger partial charge in [0.2, 0.25) is 5.91 Å². The van der Waals surface area contributed by atoms with Gasteiger partial charge in [-0.1, -0.05) is 12.2 Å². The third-order valence-corrected chi connectivity index (χ3v) is 6.62. The number of carbonyl (C=O) groups is 2. The molecule has 2 aliphatic heterocycles. The van der Waals surface area contributed by atoms with Crippen molar-refractivity contribution >= 4 is 11.8 Å². The van der Waals surface area contributed by atoms with Crippen molar-refractivity contribution in [3.05, 3.63) is 29.6 Å². The number of rotatable bonds is 3. The Morgan fingerprint density at radius 1 is 1.04 bits per heavy atom. The lowest BCUT2D eigenvalue weighted by Gasteiger charge is -2.29. The summed E-state index contributed by atoms with van der Waals surface area (Å²) in [5, 5.41) is 4.50. The molecule has 0 radical (unpaired) electrons. The molecule has 0 unspecified atom stereocenters. The normalized spacial score (nSPS) is 29.5. The second kappa shape index (κ2) is 6.25. The third-order valence-electron chi connectivity index (χ3n) is 6.62. The van der Waals surface area contributed by atoms with Crippen molar-refractivity contribution in [3.8, 4) is 0 Å². The fraction of sp³-hybridized carbons (Fsp3) is 0.650. The van der Waals surface area contributed by atoms with Crippen LogP contribution in [-0.2, 0) is 17.9 Å². The fourth-order valence-corrected chi connectivity index (χ4v) is 5.15. The van der Waals surface area contributed by atoms with E-state index in [9.17, 15) is 9.59 Å². The molecule has 3 atom stereocenters. The minimum Gasteiger partial charge on any atom is -0.337 e. The maximum absolute atomic E-state index is 12.8. The summed E-state index contributed by atoms with van der Waals surface area (Å²) in [5.41, 5.74) is 1.52. The lowest BCUT2D eigenvalue weighted by atomic mass is 9.90. The van der Waals surface area contributed by atoms with Gasteiger partial charge in [0.1, 0.15) is 0 Å². The summed E-state index contributed by atoms with van der Waals surface area (Å²) < 4.78 is 1.91. The van der Waals surface area contributed by atoms with Gasteiger partial charge < -0.3 is 9.80 Å². The zero-order valence-electron chi connectivity index (χ0n) is 15.1. The molecule has 0 spiro atoms. The highest BCUT2D eigenvalue weighted by molar-refractivity contribution is 5.92. The highest BCUT2D eigenvalue weighted by Crippen LogP contribution is 2.45. The first kappa shape index (κ1) is 16.1. The van der Waals surface area contributed by atoms with Gasteiger partial charge in [-0.2, -0.15) is 5.10 Å². The van der Waals surface area contributed by atoms with Crippen LogP contribution in [0.4, 0.5) is 0 Å². The van der Waals surface area contributed by atoms with Gasteiger partial charge in [-0.15, -0.1) is 0 Å². The van der Waals surface area contributed by atoms with Crippen molar-refractivity contribution in [1.82, 2.24) is 19.6 Å². The summed E-state index contributed by atoms with van der Waals surface area (Å²) in [6, 6.07) is 1.89. The number of allylic oxidation sites excluding steroid dienone is 2. The first-order valence-corrected chi connectivity index (χ1v) is 9.99. The van der Waals surface area contributed by atoms with Gasteiger partial charge in [-0.3, -0.25) is 14.3 Å². The lowest BCUT2D eigenvalue weighted by Crippen LogP contribution is -2.39. The Hall–Kier alpha value is -2.11. The number of fused-ring (bicyclic) bond motifs is 3. The predicted molar refractivity (Wildman–Crippen MR) is 96.2 cm³/mol. The number of hydrogen-bond acceptors (Lipinski definition) is 3. The molecule has 4 aliphatic rings. The first-order chi connectivity index (χ1) is 12.7. The minimum absolute atomic E-state index is 0.0380. The van der Waals surface area contributed by atoms with Crippen LogP contribution in [0.3, 0.4) is 0 Å². The van der Waals surface area contributed by atoms with Gasteiger partial charge >= 0.3 is 0 Å². The number of aromatic nitrogens is 2. The van der Waals surface area contributed by atoms with Crippen molar-refractivity contribution in [3.63, 3.8) is 0 Å². The van der Waals surface area contributed by atoms with Gasteiger partial charge in [0.25, 0.3) is 5.91 Å². The molecule has 1 saturated heterocycles. The van der Waals surface area contributed by atoms with Crippen molar-refractivity contribution in [2.24, 2.45) is 17.8 Å². The van der Waals surface area contributed by atoms with Crippen molar-refractivity contribution < 1.29 is 9.59 Å². The van der Waals surface area contributed by atoms with Gasteiger partial charge in [0.15, 0.2) is 5.69 Å². The van der Waals surface area contributed by atoms with Crippen LogP contribution in [0.5, 0.6) is 0 Å². The predicted octanol–water partition coefficient (Wildman–Crippen LogP) is 2.06. The summed E-state index contributed by atoms with van der Waals surface area (Å²) in [6.07, 6.45) is 9.89. The van der Waals surface area contributed by atoms with Gasteiger partial charge in [-0.25, -0.2) is 0 Å². The molecule has 0 aromatic carbocycles. The third kappa shape index (κ3) is 2.75. The van der Waals surface area contributed by atoms with Crippen LogP contribution >= 0.6 is 0 Å². The number of amides is 2. The Morgan fingerprint density at radius 3 is 2.62 bits per heavy atom. The molecule has 6 nitrogen and oxygen atoms in total. The Kier molecular flexibility index (Phi) is 3.87. The summed E-state index contributed by atoms with van der Waals surface area (Å²) in [5.74, 6) is 2.15. The van der Waals surface area contributed by atoms with Crippen molar-refractivity contribution in [2.45, 2.75) is 45.2 Å². The second-order valence-corrected chi connectivity index (χ2v) is 8.30. The number of carbonyl (C=O) groups excluding carboxylic acids is 2. The van der Waals surface area contributed by atoms with E-state index in [0.29, 0.717) is 49.5 Å². The molecule has 2 aliphatic carbocycles. The number of likely N-dealkylation sites (tertiary alicyclic amines) is 1. The second-order valence-electron chi connectivity index (χ2n) is 8.30. The maximum Gasteiger partial charge on any atom is 0.274 e. The van der Waals surface area contributed by atoms with Crippen LogP contribution in [-0.4, -0.2) is 51.0 Å². The zero-order chi connectivity index (χ0) is 17.7. The van der Waals surface area contributed by atoms with Crippen LogP contribution < -0.4 is 0 Å². The van der Waals surface area contributed by atoms with Crippen molar-refractivity contribution in [2.75, 3.05) is 19.6 Å². The molecule has 1 aromatic heterocycles. The molecule has 1 aromatic rings. The lowest BCUT2D eigenvalue weighted by molar-refractivity contribution is -0.133. The number of nitrogens with zero attached hydrogens (tertiary/aromatic N) is 4. The van der Waals surface area contributed by atoms with Crippen LogP contribution in [0.1, 0.15) is 48.3 Å². The van der Waals surface area contributed by atoms with E-state index in [1.165, 1.54) is 12.8 Å². The molecule has 2 bridgehead atoms. The van der Waals surface area contributed by atoms with E-state index in [-0.39, 0.29) is 11.8 Å². The zero-order valence-corrected chi connectivity index (χ0v) is 15.1. The quantitative estimate of drug-likeness (QED) is 0.781. The van der Waals surface area contributed by atoms with Gasteiger partial charge in [-0.05, 0) is 49.5 Å². The number of hydrogen-bond donors (Lipinski definition) is 0. The van der Waals surface area contributed by atoms with E-state index in [2.05, 4.69) is 17.3 Å². The standard InChI is InChI=1S/C20H26N4O2/c25-19(11-16-10-14-3-4-15(16)9-14)23-7-8-24-17(13-23)12-18(21-24)20(26)22-5-1-2-6-22/h3-4,12,14-16H,1-2,5-11,13H2/t14-,15+,16+/m1/s1. The van der Waals surface area contributed by atoms with Gasteiger partial charge in [0.05, 0.1) is 18.8 Å². The molecular weight excluding hydrogens is 328 g/mol. The Balaban J connectivity index is 1.24. The van der Waals surface area contributed by atoms with E-state index in [1.807, 2.05) is 20.5 Å². The highest BCUT2D eigenvalue weighted by Gasteiger charge is 2.37. The van der Waals surface area contributed by atoms with Crippen LogP contribution in [0, 0.1) is 17.8 Å². The van der Waals surface area contributed by atoms with E-state index in [4.69, 9.17) is 0 Å². The topological polar surface area (TPSA) is 58.4 Å².